The molecule has 1 amide bonds. The van der Waals surface area contributed by atoms with E-state index in [1.807, 2.05) is 18.2 Å². The Labute approximate surface area is 147 Å². The fraction of sp³-hybridized carbons (Fsp3) is 0.350. The molecule has 0 radical (unpaired) electrons. The molecule has 1 aromatic carbocycles. The van der Waals surface area contributed by atoms with Crippen molar-refractivity contribution in [3.05, 3.63) is 48.0 Å². The van der Waals surface area contributed by atoms with Crippen LogP contribution in [0.25, 0.3) is 16.9 Å². The maximum atomic E-state index is 11.9. The van der Waals surface area contributed by atoms with Gasteiger partial charge in [0.05, 0.1) is 5.69 Å². The summed E-state index contributed by atoms with van der Waals surface area (Å²) in [6.07, 6.45) is 1.93. The zero-order chi connectivity index (χ0) is 17.6. The fourth-order valence-electron chi connectivity index (χ4n) is 2.88. The lowest BCUT2D eigenvalue weighted by molar-refractivity contribution is -0.117. The minimum absolute atomic E-state index is 0.0204. The summed E-state index contributed by atoms with van der Waals surface area (Å²) in [6, 6.07) is 14.4. The van der Waals surface area contributed by atoms with Gasteiger partial charge in [0.15, 0.2) is 5.65 Å². The number of rotatable bonds is 3. The van der Waals surface area contributed by atoms with Crippen molar-refractivity contribution >= 4 is 17.5 Å². The highest BCUT2D eigenvalue weighted by Gasteiger charge is 2.30. The summed E-state index contributed by atoms with van der Waals surface area (Å²) < 4.78 is 1.79. The number of nitrogens with zero attached hydrogens (tertiary/aromatic N) is 3. The molecule has 0 aliphatic heterocycles. The minimum atomic E-state index is 0.0204. The zero-order valence-corrected chi connectivity index (χ0v) is 14.8. The van der Waals surface area contributed by atoms with E-state index in [1.165, 1.54) is 5.56 Å². The first kappa shape index (κ1) is 15.8. The van der Waals surface area contributed by atoms with Gasteiger partial charge in [-0.2, -0.15) is 4.98 Å². The molecule has 1 saturated carbocycles. The Hall–Kier alpha value is -2.69. The van der Waals surface area contributed by atoms with E-state index in [0.717, 1.165) is 29.7 Å². The molecule has 1 aliphatic rings. The third-order valence-electron chi connectivity index (χ3n) is 4.59. The molecule has 2 heterocycles. The fourth-order valence-corrected chi connectivity index (χ4v) is 2.88. The monoisotopic (exact) mass is 334 g/mol. The summed E-state index contributed by atoms with van der Waals surface area (Å²) in [5.74, 6) is 0.527. The third kappa shape index (κ3) is 3.14. The average Bonchev–Trinajstić information content (AvgIpc) is 3.34. The number of carbonyl (C=O) groups is 1. The number of hydrogen-bond donors (Lipinski definition) is 1. The van der Waals surface area contributed by atoms with E-state index in [-0.39, 0.29) is 17.2 Å². The van der Waals surface area contributed by atoms with Crippen LogP contribution in [0.3, 0.4) is 0 Å². The predicted octanol–water partition coefficient (Wildman–Crippen LogP) is 4.04. The Bertz CT molecular complexity index is 930. The topological polar surface area (TPSA) is 59.3 Å². The van der Waals surface area contributed by atoms with Gasteiger partial charge in [0.1, 0.15) is 0 Å². The predicted molar refractivity (Wildman–Crippen MR) is 98.5 cm³/mol. The van der Waals surface area contributed by atoms with E-state index in [9.17, 15) is 4.79 Å². The molecule has 0 unspecified atom stereocenters. The van der Waals surface area contributed by atoms with E-state index >= 15 is 0 Å². The summed E-state index contributed by atoms with van der Waals surface area (Å²) >= 11 is 0. The number of anilines is 1. The SMILES string of the molecule is CC(C)(C)c1ccc(-c2cccc3nc(NC(=O)C4CC4)nn23)cc1. The average molecular weight is 334 g/mol. The first-order chi connectivity index (χ1) is 11.9. The highest BCUT2D eigenvalue weighted by molar-refractivity contribution is 5.92. The van der Waals surface area contributed by atoms with Crippen LogP contribution < -0.4 is 5.32 Å². The van der Waals surface area contributed by atoms with Crippen molar-refractivity contribution in [3.63, 3.8) is 0 Å². The van der Waals surface area contributed by atoms with Crippen LogP contribution in [-0.4, -0.2) is 20.5 Å². The van der Waals surface area contributed by atoms with Crippen molar-refractivity contribution in [2.75, 3.05) is 5.32 Å². The molecular weight excluding hydrogens is 312 g/mol. The molecule has 0 atom stereocenters. The molecule has 5 heteroatoms. The Morgan fingerprint density at radius 1 is 1.12 bits per heavy atom. The van der Waals surface area contributed by atoms with E-state index in [4.69, 9.17) is 0 Å². The normalized spacial score (nSPS) is 14.7. The molecule has 25 heavy (non-hydrogen) atoms. The largest absolute Gasteiger partial charge is 0.293 e. The van der Waals surface area contributed by atoms with Gasteiger partial charge in [-0.05, 0) is 36.0 Å². The van der Waals surface area contributed by atoms with Crippen molar-refractivity contribution in [1.82, 2.24) is 14.6 Å². The minimum Gasteiger partial charge on any atom is -0.293 e. The number of aromatic nitrogens is 3. The lowest BCUT2D eigenvalue weighted by Crippen LogP contribution is -2.14. The van der Waals surface area contributed by atoms with E-state index in [0.29, 0.717) is 5.95 Å². The Morgan fingerprint density at radius 2 is 1.84 bits per heavy atom. The molecule has 2 aromatic heterocycles. The van der Waals surface area contributed by atoms with Gasteiger partial charge in [-0.15, -0.1) is 5.10 Å². The molecule has 0 saturated heterocycles. The highest BCUT2D eigenvalue weighted by Crippen LogP contribution is 2.30. The maximum absolute atomic E-state index is 11.9. The van der Waals surface area contributed by atoms with Gasteiger partial charge in [0.2, 0.25) is 11.9 Å². The van der Waals surface area contributed by atoms with Gasteiger partial charge < -0.3 is 0 Å². The second kappa shape index (κ2) is 5.69. The van der Waals surface area contributed by atoms with Crippen molar-refractivity contribution in [2.45, 2.75) is 39.0 Å². The lowest BCUT2D eigenvalue weighted by Gasteiger charge is -2.19. The number of carbonyl (C=O) groups excluding carboxylic acids is 1. The van der Waals surface area contributed by atoms with Gasteiger partial charge in [-0.25, -0.2) is 4.52 Å². The standard InChI is InChI=1S/C20H22N4O/c1-20(2,3)15-11-9-13(10-12-15)16-5-4-6-17-21-19(23-24(16)17)22-18(25)14-7-8-14/h4-6,9-12,14H,7-8H2,1-3H3,(H,22,23,25). The Morgan fingerprint density at radius 3 is 2.48 bits per heavy atom. The quantitative estimate of drug-likeness (QED) is 0.786. The molecule has 1 aliphatic carbocycles. The third-order valence-corrected chi connectivity index (χ3v) is 4.59. The Balaban J connectivity index is 1.69. The summed E-state index contributed by atoms with van der Waals surface area (Å²) in [7, 11) is 0. The van der Waals surface area contributed by atoms with Crippen molar-refractivity contribution in [3.8, 4) is 11.3 Å². The van der Waals surface area contributed by atoms with Crippen LogP contribution in [0.1, 0.15) is 39.2 Å². The summed E-state index contributed by atoms with van der Waals surface area (Å²) in [5.41, 5.74) is 4.17. The highest BCUT2D eigenvalue weighted by atomic mass is 16.2. The maximum Gasteiger partial charge on any atom is 0.249 e. The number of benzene rings is 1. The first-order valence-electron chi connectivity index (χ1n) is 8.69. The van der Waals surface area contributed by atoms with Gasteiger partial charge in [-0.1, -0.05) is 51.1 Å². The number of fused-ring (bicyclic) bond motifs is 1. The second-order valence-electron chi connectivity index (χ2n) is 7.71. The van der Waals surface area contributed by atoms with Gasteiger partial charge in [0.25, 0.3) is 0 Å². The number of nitrogens with one attached hydrogen (secondary N) is 1. The van der Waals surface area contributed by atoms with Crippen LogP contribution in [0, 0.1) is 5.92 Å². The van der Waals surface area contributed by atoms with Crippen molar-refractivity contribution in [2.24, 2.45) is 5.92 Å². The number of amides is 1. The Kier molecular flexibility index (Phi) is 3.60. The molecule has 0 bridgehead atoms. The molecule has 3 aromatic rings. The summed E-state index contributed by atoms with van der Waals surface area (Å²) in [6.45, 7) is 6.61. The molecule has 1 N–H and O–H groups in total. The van der Waals surface area contributed by atoms with Crippen LogP contribution in [0.2, 0.25) is 0 Å². The molecular formula is C20H22N4O. The van der Waals surface area contributed by atoms with Crippen molar-refractivity contribution in [1.29, 1.82) is 0 Å². The molecule has 128 valence electrons. The van der Waals surface area contributed by atoms with Gasteiger partial charge >= 0.3 is 0 Å². The lowest BCUT2D eigenvalue weighted by atomic mass is 9.86. The number of hydrogen-bond acceptors (Lipinski definition) is 3. The van der Waals surface area contributed by atoms with Gasteiger partial charge in [0, 0.05) is 11.5 Å². The zero-order valence-electron chi connectivity index (χ0n) is 14.8. The van der Waals surface area contributed by atoms with E-state index < -0.39 is 0 Å². The first-order valence-corrected chi connectivity index (χ1v) is 8.69. The summed E-state index contributed by atoms with van der Waals surface area (Å²) in [5, 5.41) is 7.30. The van der Waals surface area contributed by atoms with E-state index in [2.05, 4.69) is 60.4 Å². The second-order valence-corrected chi connectivity index (χ2v) is 7.71. The molecule has 4 rings (SSSR count). The van der Waals surface area contributed by atoms with Crippen LogP contribution in [0.15, 0.2) is 42.5 Å². The van der Waals surface area contributed by atoms with E-state index in [1.54, 1.807) is 4.52 Å². The van der Waals surface area contributed by atoms with Crippen LogP contribution in [-0.2, 0) is 10.2 Å². The van der Waals surface area contributed by atoms with Crippen LogP contribution in [0.4, 0.5) is 5.95 Å². The van der Waals surface area contributed by atoms with Gasteiger partial charge in [-0.3, -0.25) is 10.1 Å². The van der Waals surface area contributed by atoms with Crippen LogP contribution >= 0.6 is 0 Å². The van der Waals surface area contributed by atoms with Crippen LogP contribution in [0.5, 0.6) is 0 Å². The van der Waals surface area contributed by atoms with Crippen molar-refractivity contribution < 1.29 is 4.79 Å². The smallest absolute Gasteiger partial charge is 0.249 e. The molecule has 1 fully saturated rings. The molecule has 0 spiro atoms. The molecule has 5 nitrogen and oxygen atoms in total. The summed E-state index contributed by atoms with van der Waals surface area (Å²) in [4.78, 5) is 16.4. The number of pyridine rings is 1.